The smallest absolute Gasteiger partial charge is 0.100 e. The van der Waals surface area contributed by atoms with E-state index in [4.69, 9.17) is 0 Å². The fraction of sp³-hybridized carbons (Fsp3) is 0.692. The molecule has 3 heteroatoms. The molecule has 0 amide bonds. The van der Waals surface area contributed by atoms with Crippen molar-refractivity contribution in [3.8, 4) is 0 Å². The largest absolute Gasteiger partial charge is 0.386 e. The maximum Gasteiger partial charge on any atom is 0.100 e. The SMILES string of the molecule is CC1CC(C)CC(C(O)c2cnccn2)C1. The van der Waals surface area contributed by atoms with Crippen LogP contribution in [-0.2, 0) is 0 Å². The van der Waals surface area contributed by atoms with Crippen LogP contribution < -0.4 is 0 Å². The van der Waals surface area contributed by atoms with Gasteiger partial charge >= 0.3 is 0 Å². The van der Waals surface area contributed by atoms with Crippen molar-refractivity contribution in [2.24, 2.45) is 17.8 Å². The molecule has 3 nitrogen and oxygen atoms in total. The van der Waals surface area contributed by atoms with Crippen LogP contribution in [0.4, 0.5) is 0 Å². The second-order valence-electron chi connectivity index (χ2n) is 5.25. The molecule has 16 heavy (non-hydrogen) atoms. The highest BCUT2D eigenvalue weighted by Crippen LogP contribution is 2.38. The van der Waals surface area contributed by atoms with E-state index in [2.05, 4.69) is 23.8 Å². The summed E-state index contributed by atoms with van der Waals surface area (Å²) < 4.78 is 0. The predicted octanol–water partition coefficient (Wildman–Crippen LogP) is 2.58. The lowest BCUT2D eigenvalue weighted by molar-refractivity contribution is 0.0519. The second-order valence-corrected chi connectivity index (χ2v) is 5.25. The lowest BCUT2D eigenvalue weighted by atomic mass is 9.74. The first kappa shape index (κ1) is 11.5. The summed E-state index contributed by atoms with van der Waals surface area (Å²) in [5, 5.41) is 10.3. The van der Waals surface area contributed by atoms with Gasteiger partial charge in [0.2, 0.25) is 0 Å². The van der Waals surface area contributed by atoms with Crippen LogP contribution in [0.1, 0.15) is 44.9 Å². The molecule has 1 aromatic heterocycles. The highest BCUT2D eigenvalue weighted by molar-refractivity contribution is 5.01. The molecule has 0 radical (unpaired) electrons. The van der Waals surface area contributed by atoms with E-state index in [1.165, 1.54) is 6.42 Å². The Hall–Kier alpha value is -0.960. The Labute approximate surface area is 96.9 Å². The van der Waals surface area contributed by atoms with E-state index in [0.717, 1.165) is 12.8 Å². The van der Waals surface area contributed by atoms with Gasteiger partial charge in [0.25, 0.3) is 0 Å². The molecule has 0 spiro atoms. The second kappa shape index (κ2) is 4.91. The molecular weight excluding hydrogens is 200 g/mol. The van der Waals surface area contributed by atoms with Gasteiger partial charge in [-0.2, -0.15) is 0 Å². The van der Waals surface area contributed by atoms with Crippen molar-refractivity contribution in [1.29, 1.82) is 0 Å². The third kappa shape index (κ3) is 2.59. The quantitative estimate of drug-likeness (QED) is 0.833. The molecule has 0 saturated heterocycles. The summed E-state index contributed by atoms with van der Waals surface area (Å²) in [6, 6.07) is 0. The van der Waals surface area contributed by atoms with Gasteiger partial charge in [-0.25, -0.2) is 0 Å². The van der Waals surface area contributed by atoms with Gasteiger partial charge in [0.05, 0.1) is 11.9 Å². The zero-order chi connectivity index (χ0) is 11.5. The minimum absolute atomic E-state index is 0.343. The third-order valence-corrected chi connectivity index (χ3v) is 3.55. The van der Waals surface area contributed by atoms with Crippen molar-refractivity contribution in [2.75, 3.05) is 0 Å². The zero-order valence-electron chi connectivity index (χ0n) is 10.0. The van der Waals surface area contributed by atoms with Crippen LogP contribution in [0.15, 0.2) is 18.6 Å². The fourth-order valence-electron chi connectivity index (χ4n) is 2.97. The van der Waals surface area contributed by atoms with Gasteiger partial charge < -0.3 is 5.11 Å². The molecule has 2 rings (SSSR count). The average molecular weight is 220 g/mol. The summed E-state index contributed by atoms with van der Waals surface area (Å²) in [5.41, 5.74) is 0.716. The van der Waals surface area contributed by atoms with E-state index in [1.807, 2.05) is 0 Å². The normalized spacial score (nSPS) is 32.3. The Morgan fingerprint density at radius 1 is 1.19 bits per heavy atom. The molecule has 1 N–H and O–H groups in total. The van der Waals surface area contributed by atoms with Gasteiger partial charge in [0.1, 0.15) is 6.10 Å². The van der Waals surface area contributed by atoms with Gasteiger partial charge in [-0.1, -0.05) is 13.8 Å². The number of nitrogens with zero attached hydrogens (tertiary/aromatic N) is 2. The summed E-state index contributed by atoms with van der Waals surface area (Å²) in [7, 11) is 0. The van der Waals surface area contributed by atoms with E-state index < -0.39 is 6.10 Å². The topological polar surface area (TPSA) is 46.0 Å². The van der Waals surface area contributed by atoms with E-state index in [9.17, 15) is 5.11 Å². The van der Waals surface area contributed by atoms with Crippen molar-refractivity contribution >= 4 is 0 Å². The number of rotatable bonds is 2. The molecule has 0 aromatic carbocycles. The number of aliphatic hydroxyl groups excluding tert-OH is 1. The molecule has 88 valence electrons. The number of hydrogen-bond donors (Lipinski definition) is 1. The standard InChI is InChI=1S/C13H20N2O/c1-9-5-10(2)7-11(6-9)13(16)12-8-14-3-4-15-12/h3-4,8-11,13,16H,5-7H2,1-2H3. The molecule has 0 bridgehead atoms. The van der Waals surface area contributed by atoms with Crippen molar-refractivity contribution in [2.45, 2.75) is 39.2 Å². The Kier molecular flexibility index (Phi) is 3.54. The van der Waals surface area contributed by atoms with Crippen LogP contribution in [-0.4, -0.2) is 15.1 Å². The number of hydrogen-bond acceptors (Lipinski definition) is 3. The monoisotopic (exact) mass is 220 g/mol. The van der Waals surface area contributed by atoms with E-state index in [1.54, 1.807) is 18.6 Å². The lowest BCUT2D eigenvalue weighted by Crippen LogP contribution is -2.25. The van der Waals surface area contributed by atoms with Crippen molar-refractivity contribution in [1.82, 2.24) is 9.97 Å². The maximum atomic E-state index is 10.3. The van der Waals surface area contributed by atoms with Crippen LogP contribution in [0.3, 0.4) is 0 Å². The molecule has 1 aromatic rings. The molecule has 3 unspecified atom stereocenters. The fourth-order valence-corrected chi connectivity index (χ4v) is 2.97. The van der Waals surface area contributed by atoms with Gasteiger partial charge in [0.15, 0.2) is 0 Å². The van der Waals surface area contributed by atoms with Gasteiger partial charge in [0, 0.05) is 12.4 Å². The molecule has 1 fully saturated rings. The highest BCUT2D eigenvalue weighted by atomic mass is 16.3. The first-order valence-electron chi connectivity index (χ1n) is 6.10. The molecule has 0 aliphatic heterocycles. The summed E-state index contributed by atoms with van der Waals surface area (Å²) in [5.74, 6) is 1.76. The van der Waals surface area contributed by atoms with Crippen LogP contribution >= 0.6 is 0 Å². The molecule has 1 aliphatic carbocycles. The van der Waals surface area contributed by atoms with Gasteiger partial charge in [-0.15, -0.1) is 0 Å². The van der Waals surface area contributed by atoms with Gasteiger partial charge in [-0.3, -0.25) is 9.97 Å². The van der Waals surface area contributed by atoms with E-state index in [-0.39, 0.29) is 0 Å². The van der Waals surface area contributed by atoms with Crippen LogP contribution in [0.2, 0.25) is 0 Å². The Balaban J connectivity index is 2.07. The zero-order valence-corrected chi connectivity index (χ0v) is 10.0. The molecule has 1 heterocycles. The van der Waals surface area contributed by atoms with Crippen LogP contribution in [0.5, 0.6) is 0 Å². The van der Waals surface area contributed by atoms with E-state index in [0.29, 0.717) is 23.4 Å². The lowest BCUT2D eigenvalue weighted by Gasteiger charge is -2.33. The summed E-state index contributed by atoms with van der Waals surface area (Å²) in [6.07, 6.45) is 8.00. The third-order valence-electron chi connectivity index (χ3n) is 3.55. The molecule has 1 saturated carbocycles. The maximum absolute atomic E-state index is 10.3. The minimum Gasteiger partial charge on any atom is -0.386 e. The number of aromatic nitrogens is 2. The molecule has 1 aliphatic rings. The Morgan fingerprint density at radius 2 is 1.88 bits per heavy atom. The Bertz CT molecular complexity index is 318. The van der Waals surface area contributed by atoms with Crippen LogP contribution in [0.25, 0.3) is 0 Å². The van der Waals surface area contributed by atoms with Crippen LogP contribution in [0, 0.1) is 17.8 Å². The van der Waals surface area contributed by atoms with Crippen molar-refractivity contribution < 1.29 is 5.11 Å². The highest BCUT2D eigenvalue weighted by Gasteiger charge is 2.30. The summed E-state index contributed by atoms with van der Waals surface area (Å²) >= 11 is 0. The first-order valence-corrected chi connectivity index (χ1v) is 6.10. The average Bonchev–Trinajstić information content (AvgIpc) is 2.28. The summed E-state index contributed by atoms with van der Waals surface area (Å²) in [6.45, 7) is 4.54. The van der Waals surface area contributed by atoms with Crippen molar-refractivity contribution in [3.05, 3.63) is 24.3 Å². The van der Waals surface area contributed by atoms with E-state index >= 15 is 0 Å². The minimum atomic E-state index is -0.445. The Morgan fingerprint density at radius 3 is 2.44 bits per heavy atom. The summed E-state index contributed by atoms with van der Waals surface area (Å²) in [4.78, 5) is 8.21. The van der Waals surface area contributed by atoms with Crippen molar-refractivity contribution in [3.63, 3.8) is 0 Å². The molecule has 3 atom stereocenters. The van der Waals surface area contributed by atoms with Gasteiger partial charge in [-0.05, 0) is 37.0 Å². The predicted molar refractivity (Wildman–Crippen MR) is 62.7 cm³/mol. The number of aliphatic hydroxyl groups is 1. The first-order chi connectivity index (χ1) is 7.66. The molecular formula is C13H20N2O.